The molecule has 0 spiro atoms. The van der Waals surface area contributed by atoms with Crippen LogP contribution in [0.4, 0.5) is 11.5 Å². The van der Waals surface area contributed by atoms with E-state index in [4.69, 9.17) is 0 Å². The van der Waals surface area contributed by atoms with Gasteiger partial charge in [0.1, 0.15) is 5.65 Å². The number of nitrogens with zero attached hydrogens (tertiary/aromatic N) is 3. The molecule has 1 aliphatic rings. The first-order valence-corrected chi connectivity index (χ1v) is 8.90. The molecule has 1 aromatic carbocycles. The number of hydrogen-bond donors (Lipinski definition) is 1. The fourth-order valence-corrected chi connectivity index (χ4v) is 3.87. The Morgan fingerprint density at radius 3 is 2.74 bits per heavy atom. The number of hydrogen-bond acceptors (Lipinski definition) is 5. The lowest BCUT2D eigenvalue weighted by Crippen LogP contribution is -2.30. The predicted molar refractivity (Wildman–Crippen MR) is 103 cm³/mol. The minimum atomic E-state index is -0.683. The summed E-state index contributed by atoms with van der Waals surface area (Å²) in [6.45, 7) is 4.40. The first-order chi connectivity index (χ1) is 12.9. The van der Waals surface area contributed by atoms with Gasteiger partial charge in [0.15, 0.2) is 0 Å². The number of nitro groups is 1. The van der Waals surface area contributed by atoms with Crippen LogP contribution in [0, 0.1) is 10.1 Å². The molecule has 4 rings (SSSR count). The molecule has 2 aromatic heterocycles. The highest BCUT2D eigenvalue weighted by molar-refractivity contribution is 5.61. The first kappa shape index (κ1) is 17.2. The van der Waals surface area contributed by atoms with Gasteiger partial charge in [-0.15, -0.1) is 0 Å². The summed E-state index contributed by atoms with van der Waals surface area (Å²) in [4.78, 5) is 27.9. The van der Waals surface area contributed by atoms with Crippen molar-refractivity contribution in [1.82, 2.24) is 9.38 Å². The van der Waals surface area contributed by atoms with Crippen molar-refractivity contribution < 1.29 is 4.92 Å². The molecule has 0 aliphatic heterocycles. The fourth-order valence-electron chi connectivity index (χ4n) is 3.87. The SMILES string of the molecule is CC1(C)CC[C@H](Nc2nc3ccccn3c(=O)c2[N+](=O)[O-])c2ccccc21. The van der Waals surface area contributed by atoms with Crippen LogP contribution in [0.1, 0.15) is 43.9 Å². The maximum Gasteiger partial charge on any atom is 0.376 e. The Bertz CT molecular complexity index is 1100. The third-order valence-electron chi connectivity index (χ3n) is 5.33. The molecule has 1 aliphatic carbocycles. The number of nitrogens with one attached hydrogen (secondary N) is 1. The van der Waals surface area contributed by atoms with Crippen LogP contribution < -0.4 is 10.9 Å². The molecule has 2 heterocycles. The van der Waals surface area contributed by atoms with Gasteiger partial charge in [-0.05, 0) is 41.5 Å². The van der Waals surface area contributed by atoms with Gasteiger partial charge in [0, 0.05) is 6.20 Å². The molecule has 1 atom stereocenters. The molecule has 0 unspecified atom stereocenters. The number of pyridine rings is 1. The van der Waals surface area contributed by atoms with Crippen molar-refractivity contribution >= 4 is 17.2 Å². The Balaban J connectivity index is 1.84. The van der Waals surface area contributed by atoms with Crippen molar-refractivity contribution in [3.8, 4) is 0 Å². The summed E-state index contributed by atoms with van der Waals surface area (Å²) in [5.41, 5.74) is 1.52. The molecule has 0 saturated heterocycles. The van der Waals surface area contributed by atoms with Gasteiger partial charge in [0.05, 0.1) is 11.0 Å². The predicted octanol–water partition coefficient (Wildman–Crippen LogP) is 3.83. The van der Waals surface area contributed by atoms with Crippen LogP contribution in [0.2, 0.25) is 0 Å². The van der Waals surface area contributed by atoms with Crippen LogP contribution in [0.3, 0.4) is 0 Å². The number of fused-ring (bicyclic) bond motifs is 2. The third kappa shape index (κ3) is 2.85. The van der Waals surface area contributed by atoms with E-state index >= 15 is 0 Å². The van der Waals surface area contributed by atoms with E-state index in [2.05, 4.69) is 30.2 Å². The Labute approximate surface area is 155 Å². The second kappa shape index (κ2) is 6.19. The van der Waals surface area contributed by atoms with E-state index in [0.717, 1.165) is 18.4 Å². The topological polar surface area (TPSA) is 89.5 Å². The Morgan fingerprint density at radius 2 is 1.96 bits per heavy atom. The molecule has 27 heavy (non-hydrogen) atoms. The highest BCUT2D eigenvalue weighted by Crippen LogP contribution is 2.42. The van der Waals surface area contributed by atoms with Crippen molar-refractivity contribution in [3.05, 3.63) is 80.3 Å². The quantitative estimate of drug-likeness (QED) is 0.563. The van der Waals surface area contributed by atoms with Gasteiger partial charge in [-0.2, -0.15) is 0 Å². The van der Waals surface area contributed by atoms with Gasteiger partial charge in [0.25, 0.3) is 0 Å². The van der Waals surface area contributed by atoms with Crippen molar-refractivity contribution in [1.29, 1.82) is 0 Å². The van der Waals surface area contributed by atoms with E-state index in [1.807, 2.05) is 18.2 Å². The number of aromatic nitrogens is 2. The first-order valence-electron chi connectivity index (χ1n) is 8.90. The van der Waals surface area contributed by atoms with E-state index in [-0.39, 0.29) is 17.3 Å². The summed E-state index contributed by atoms with van der Waals surface area (Å²) in [5, 5.41) is 14.8. The van der Waals surface area contributed by atoms with Crippen molar-refractivity contribution in [2.45, 2.75) is 38.1 Å². The standard InChI is InChI=1S/C20H20N4O3/c1-20(2)11-10-15(13-7-3-4-8-14(13)20)21-18-17(24(26)27)19(25)23-12-6-5-9-16(23)22-18/h3-9,12,15,21H,10-11H2,1-2H3/t15-/m0/s1. The largest absolute Gasteiger partial charge is 0.376 e. The fraction of sp³-hybridized carbons (Fsp3) is 0.300. The van der Waals surface area contributed by atoms with Crippen molar-refractivity contribution in [3.63, 3.8) is 0 Å². The van der Waals surface area contributed by atoms with Gasteiger partial charge in [-0.3, -0.25) is 19.3 Å². The molecule has 0 amide bonds. The van der Waals surface area contributed by atoms with Gasteiger partial charge < -0.3 is 5.32 Å². The Hall–Kier alpha value is -3.22. The minimum absolute atomic E-state index is 0.0238. The molecule has 7 nitrogen and oxygen atoms in total. The molecular formula is C20H20N4O3. The zero-order chi connectivity index (χ0) is 19.2. The van der Waals surface area contributed by atoms with E-state index in [9.17, 15) is 14.9 Å². The smallest absolute Gasteiger partial charge is 0.357 e. The number of benzene rings is 1. The maximum atomic E-state index is 12.6. The lowest BCUT2D eigenvalue weighted by Gasteiger charge is -2.37. The van der Waals surface area contributed by atoms with Gasteiger partial charge >= 0.3 is 11.2 Å². The average Bonchev–Trinajstić information content (AvgIpc) is 2.64. The van der Waals surface area contributed by atoms with Gasteiger partial charge in [0.2, 0.25) is 5.82 Å². The molecule has 138 valence electrons. The van der Waals surface area contributed by atoms with Gasteiger partial charge in [-0.1, -0.05) is 44.2 Å². The van der Waals surface area contributed by atoms with Crippen LogP contribution in [-0.2, 0) is 5.41 Å². The third-order valence-corrected chi connectivity index (χ3v) is 5.33. The summed E-state index contributed by atoms with van der Waals surface area (Å²) in [7, 11) is 0. The lowest BCUT2D eigenvalue weighted by atomic mass is 9.71. The molecule has 0 fully saturated rings. The summed E-state index contributed by atoms with van der Waals surface area (Å²) >= 11 is 0. The van der Waals surface area contributed by atoms with Crippen LogP contribution in [0.15, 0.2) is 53.5 Å². The number of anilines is 1. The second-order valence-electron chi connectivity index (χ2n) is 7.51. The van der Waals surface area contributed by atoms with E-state index in [1.54, 1.807) is 18.2 Å². The van der Waals surface area contributed by atoms with Crippen molar-refractivity contribution in [2.75, 3.05) is 5.32 Å². The normalized spacial score (nSPS) is 18.1. The molecule has 3 aromatic rings. The summed E-state index contributed by atoms with van der Waals surface area (Å²) in [6, 6.07) is 13.0. The van der Waals surface area contributed by atoms with Gasteiger partial charge in [-0.25, -0.2) is 4.98 Å². The van der Waals surface area contributed by atoms with E-state index in [0.29, 0.717) is 5.65 Å². The lowest BCUT2D eigenvalue weighted by molar-refractivity contribution is -0.385. The van der Waals surface area contributed by atoms with E-state index < -0.39 is 16.2 Å². The molecule has 0 radical (unpaired) electrons. The van der Waals surface area contributed by atoms with Crippen molar-refractivity contribution in [2.24, 2.45) is 0 Å². The highest BCUT2D eigenvalue weighted by atomic mass is 16.6. The molecule has 0 bridgehead atoms. The Morgan fingerprint density at radius 1 is 1.22 bits per heavy atom. The average molecular weight is 364 g/mol. The maximum absolute atomic E-state index is 12.6. The van der Waals surface area contributed by atoms with Crippen LogP contribution in [0.25, 0.3) is 5.65 Å². The van der Waals surface area contributed by atoms with E-state index in [1.165, 1.54) is 16.2 Å². The zero-order valence-electron chi connectivity index (χ0n) is 15.2. The van der Waals surface area contributed by atoms with Crippen LogP contribution >= 0.6 is 0 Å². The minimum Gasteiger partial charge on any atom is -0.357 e. The zero-order valence-corrected chi connectivity index (χ0v) is 15.2. The van der Waals surface area contributed by atoms with Crippen LogP contribution in [-0.4, -0.2) is 14.3 Å². The summed E-state index contributed by atoms with van der Waals surface area (Å²) in [6.07, 6.45) is 3.22. The second-order valence-corrected chi connectivity index (χ2v) is 7.51. The molecule has 1 N–H and O–H groups in total. The molecule has 7 heteroatoms. The van der Waals surface area contributed by atoms with Crippen LogP contribution in [0.5, 0.6) is 0 Å². The molecule has 0 saturated carbocycles. The summed E-state index contributed by atoms with van der Waals surface area (Å²) < 4.78 is 1.20. The Kier molecular flexibility index (Phi) is 3.95. The highest BCUT2D eigenvalue weighted by Gasteiger charge is 2.34. The summed E-state index contributed by atoms with van der Waals surface area (Å²) in [5.74, 6) is 0.0238. The molecular weight excluding hydrogens is 344 g/mol. The number of rotatable bonds is 3. The monoisotopic (exact) mass is 364 g/mol.